The molecule has 1 atom stereocenters. The van der Waals surface area contributed by atoms with Crippen molar-refractivity contribution in [1.82, 2.24) is 15.0 Å². The van der Waals surface area contributed by atoms with Gasteiger partial charge in [0.2, 0.25) is 5.95 Å². The maximum atomic E-state index is 12.6. The van der Waals surface area contributed by atoms with Gasteiger partial charge in [0.15, 0.2) is 0 Å². The summed E-state index contributed by atoms with van der Waals surface area (Å²) >= 11 is 1.50. The molecule has 0 fully saturated rings. The molecule has 0 bridgehead atoms. The highest BCUT2D eigenvalue weighted by molar-refractivity contribution is 7.11. The van der Waals surface area contributed by atoms with Gasteiger partial charge in [-0.25, -0.2) is 15.0 Å². The predicted octanol–water partition coefficient (Wildman–Crippen LogP) is 3.74. The van der Waals surface area contributed by atoms with Gasteiger partial charge in [-0.1, -0.05) is 0 Å². The van der Waals surface area contributed by atoms with E-state index in [1.54, 1.807) is 0 Å². The van der Waals surface area contributed by atoms with Gasteiger partial charge in [-0.2, -0.15) is 13.2 Å². The molecule has 2 heterocycles. The average molecular weight is 302 g/mol. The molecule has 1 unspecified atom stereocenters. The topological polar surface area (TPSA) is 50.7 Å². The SMILES string of the molecule is Cc1nc(C)c(C(C)Nc2nccc(C(F)(F)F)n2)s1. The van der Waals surface area contributed by atoms with Crippen molar-refractivity contribution in [2.24, 2.45) is 0 Å². The van der Waals surface area contributed by atoms with Gasteiger partial charge in [0.1, 0.15) is 5.69 Å². The second-order valence-electron chi connectivity index (χ2n) is 4.31. The fourth-order valence-electron chi connectivity index (χ4n) is 1.79. The second-order valence-corrected chi connectivity index (χ2v) is 5.55. The van der Waals surface area contributed by atoms with Gasteiger partial charge in [0, 0.05) is 11.1 Å². The number of aromatic nitrogens is 3. The van der Waals surface area contributed by atoms with Crippen molar-refractivity contribution >= 4 is 17.3 Å². The Labute approximate surface area is 118 Å². The average Bonchev–Trinajstić information content (AvgIpc) is 2.68. The highest BCUT2D eigenvalue weighted by Gasteiger charge is 2.32. The minimum atomic E-state index is -4.47. The quantitative estimate of drug-likeness (QED) is 0.938. The number of aryl methyl sites for hydroxylation is 2. The minimum Gasteiger partial charge on any atom is -0.347 e. The summed E-state index contributed by atoms with van der Waals surface area (Å²) in [5, 5.41) is 3.79. The summed E-state index contributed by atoms with van der Waals surface area (Å²) in [6.45, 7) is 5.59. The van der Waals surface area contributed by atoms with E-state index >= 15 is 0 Å². The third-order valence-corrected chi connectivity index (χ3v) is 3.88. The maximum Gasteiger partial charge on any atom is 0.433 e. The summed E-state index contributed by atoms with van der Waals surface area (Å²) in [7, 11) is 0. The van der Waals surface area contributed by atoms with E-state index < -0.39 is 11.9 Å². The Bertz CT molecular complexity index is 609. The van der Waals surface area contributed by atoms with Gasteiger partial charge in [-0.3, -0.25) is 0 Å². The molecule has 8 heteroatoms. The minimum absolute atomic E-state index is 0.0437. The van der Waals surface area contributed by atoms with Gasteiger partial charge < -0.3 is 5.32 Å². The van der Waals surface area contributed by atoms with Crippen LogP contribution in [0.25, 0.3) is 0 Å². The van der Waals surface area contributed by atoms with Crippen LogP contribution in [0.5, 0.6) is 0 Å². The molecular weight excluding hydrogens is 289 g/mol. The number of alkyl halides is 3. The van der Waals surface area contributed by atoms with Gasteiger partial charge in [0.05, 0.1) is 16.7 Å². The van der Waals surface area contributed by atoms with E-state index in [1.165, 1.54) is 11.3 Å². The van der Waals surface area contributed by atoms with Crippen LogP contribution in [0.2, 0.25) is 0 Å². The van der Waals surface area contributed by atoms with Crippen molar-refractivity contribution in [2.45, 2.75) is 33.0 Å². The largest absolute Gasteiger partial charge is 0.433 e. The van der Waals surface area contributed by atoms with E-state index in [-0.39, 0.29) is 12.0 Å². The van der Waals surface area contributed by atoms with Crippen molar-refractivity contribution in [1.29, 1.82) is 0 Å². The smallest absolute Gasteiger partial charge is 0.347 e. The summed E-state index contributed by atoms with van der Waals surface area (Å²) in [6.07, 6.45) is -3.38. The normalized spacial score (nSPS) is 13.3. The summed E-state index contributed by atoms with van der Waals surface area (Å²) in [4.78, 5) is 12.5. The lowest BCUT2D eigenvalue weighted by Gasteiger charge is -2.14. The number of anilines is 1. The molecule has 2 rings (SSSR count). The van der Waals surface area contributed by atoms with Crippen LogP contribution in [-0.4, -0.2) is 15.0 Å². The van der Waals surface area contributed by atoms with E-state index in [1.807, 2.05) is 20.8 Å². The summed E-state index contributed by atoms with van der Waals surface area (Å²) in [5.74, 6) is -0.0437. The molecule has 0 saturated carbocycles. The van der Waals surface area contributed by atoms with Crippen molar-refractivity contribution in [3.63, 3.8) is 0 Å². The molecule has 0 saturated heterocycles. The molecule has 0 spiro atoms. The van der Waals surface area contributed by atoms with E-state index in [9.17, 15) is 13.2 Å². The predicted molar refractivity (Wildman–Crippen MR) is 70.7 cm³/mol. The molecule has 0 aromatic carbocycles. The van der Waals surface area contributed by atoms with Crippen molar-refractivity contribution < 1.29 is 13.2 Å². The second kappa shape index (κ2) is 5.35. The standard InChI is InChI=1S/C12H13F3N4S/c1-6-10(20-8(3)17-6)7(2)18-11-16-5-4-9(19-11)12(13,14)15/h4-5,7H,1-3H3,(H,16,18,19). The molecular formula is C12H13F3N4S. The first-order valence-corrected chi connectivity index (χ1v) is 6.69. The fraction of sp³-hybridized carbons (Fsp3) is 0.417. The zero-order valence-corrected chi connectivity index (χ0v) is 11.9. The summed E-state index contributed by atoms with van der Waals surface area (Å²) in [5.41, 5.74) is -0.0983. The maximum absolute atomic E-state index is 12.6. The lowest BCUT2D eigenvalue weighted by Crippen LogP contribution is -2.13. The van der Waals surface area contributed by atoms with Crippen molar-refractivity contribution in [3.8, 4) is 0 Å². The van der Waals surface area contributed by atoms with Gasteiger partial charge in [-0.05, 0) is 26.8 Å². The first-order chi connectivity index (χ1) is 9.27. The first-order valence-electron chi connectivity index (χ1n) is 5.88. The van der Waals surface area contributed by atoms with E-state index in [4.69, 9.17) is 0 Å². The number of hydrogen-bond acceptors (Lipinski definition) is 5. The Morgan fingerprint density at radius 1 is 1.25 bits per heavy atom. The van der Waals surface area contributed by atoms with E-state index in [0.717, 1.165) is 27.8 Å². The van der Waals surface area contributed by atoms with E-state index in [2.05, 4.69) is 20.3 Å². The highest BCUT2D eigenvalue weighted by atomic mass is 32.1. The van der Waals surface area contributed by atoms with Crippen LogP contribution in [0, 0.1) is 13.8 Å². The molecule has 2 aromatic rings. The van der Waals surface area contributed by atoms with Crippen LogP contribution in [0.3, 0.4) is 0 Å². The van der Waals surface area contributed by atoms with Crippen LogP contribution in [0.4, 0.5) is 19.1 Å². The molecule has 2 aromatic heterocycles. The molecule has 1 N–H and O–H groups in total. The Balaban J connectivity index is 2.20. The Morgan fingerprint density at radius 2 is 1.95 bits per heavy atom. The van der Waals surface area contributed by atoms with Crippen molar-refractivity contribution in [2.75, 3.05) is 5.32 Å². The lowest BCUT2D eigenvalue weighted by molar-refractivity contribution is -0.141. The zero-order valence-electron chi connectivity index (χ0n) is 11.1. The number of halogens is 3. The van der Waals surface area contributed by atoms with Crippen LogP contribution in [-0.2, 0) is 6.18 Å². The van der Waals surface area contributed by atoms with Gasteiger partial charge in [-0.15, -0.1) is 11.3 Å². The summed E-state index contributed by atoms with van der Waals surface area (Å²) < 4.78 is 37.7. The number of nitrogens with one attached hydrogen (secondary N) is 1. The van der Waals surface area contributed by atoms with Gasteiger partial charge >= 0.3 is 6.18 Å². The van der Waals surface area contributed by atoms with Crippen LogP contribution in [0.1, 0.15) is 34.2 Å². The molecule has 0 aliphatic heterocycles. The fourth-order valence-corrected chi connectivity index (χ4v) is 2.72. The number of rotatable bonds is 3. The summed E-state index contributed by atoms with van der Waals surface area (Å²) in [6, 6.07) is 0.641. The third-order valence-electron chi connectivity index (χ3n) is 2.62. The molecule has 108 valence electrons. The molecule has 0 radical (unpaired) electrons. The molecule has 0 amide bonds. The number of nitrogens with zero attached hydrogens (tertiary/aromatic N) is 3. The third kappa shape index (κ3) is 3.24. The lowest BCUT2D eigenvalue weighted by atomic mass is 10.2. The molecule has 0 aliphatic carbocycles. The Hall–Kier alpha value is -1.70. The zero-order chi connectivity index (χ0) is 14.9. The Morgan fingerprint density at radius 3 is 2.50 bits per heavy atom. The van der Waals surface area contributed by atoms with Gasteiger partial charge in [0.25, 0.3) is 0 Å². The molecule has 0 aliphatic rings. The van der Waals surface area contributed by atoms with Crippen LogP contribution < -0.4 is 5.32 Å². The Kier molecular flexibility index (Phi) is 3.94. The van der Waals surface area contributed by atoms with E-state index in [0.29, 0.717) is 0 Å². The van der Waals surface area contributed by atoms with Crippen molar-refractivity contribution in [3.05, 3.63) is 33.5 Å². The number of thiazole rings is 1. The first kappa shape index (κ1) is 14.7. The monoisotopic (exact) mass is 302 g/mol. The highest BCUT2D eigenvalue weighted by Crippen LogP contribution is 2.29. The van der Waals surface area contributed by atoms with Crippen LogP contribution >= 0.6 is 11.3 Å². The number of hydrogen-bond donors (Lipinski definition) is 1. The van der Waals surface area contributed by atoms with Crippen LogP contribution in [0.15, 0.2) is 12.3 Å². The molecule has 20 heavy (non-hydrogen) atoms. The molecule has 4 nitrogen and oxygen atoms in total.